The minimum absolute atomic E-state index is 0.0982. The summed E-state index contributed by atoms with van der Waals surface area (Å²) in [5.41, 5.74) is 3.60. The van der Waals surface area contributed by atoms with E-state index >= 15 is 0 Å². The molecule has 1 aromatic heterocycles. The highest BCUT2D eigenvalue weighted by atomic mass is 16.5. The normalized spacial score (nSPS) is 13.5. The second kappa shape index (κ2) is 9.25. The zero-order valence-corrected chi connectivity index (χ0v) is 20.0. The summed E-state index contributed by atoms with van der Waals surface area (Å²) in [5.74, 6) is -1.61. The number of benzene rings is 2. The van der Waals surface area contributed by atoms with E-state index < -0.39 is 29.4 Å². The lowest BCUT2D eigenvalue weighted by Gasteiger charge is -2.30. The number of nitrogens with one attached hydrogen (secondary N) is 2. The summed E-state index contributed by atoms with van der Waals surface area (Å²) in [6, 6.07) is 16.4. The van der Waals surface area contributed by atoms with E-state index in [4.69, 9.17) is 9.84 Å². The van der Waals surface area contributed by atoms with Gasteiger partial charge in [0.2, 0.25) is 5.91 Å². The zero-order valence-electron chi connectivity index (χ0n) is 20.0. The quantitative estimate of drug-likeness (QED) is 0.494. The molecule has 9 heteroatoms. The molecule has 0 spiro atoms. The first-order valence-electron chi connectivity index (χ1n) is 11.3. The number of ether oxygens (including phenoxy) is 1. The summed E-state index contributed by atoms with van der Waals surface area (Å²) in [6.07, 6.45) is -0.710. The third kappa shape index (κ3) is 4.89. The summed E-state index contributed by atoms with van der Waals surface area (Å²) in [6.45, 7) is 5.56. The number of carbonyl (C=O) groups excluding carboxylic acids is 2. The van der Waals surface area contributed by atoms with Crippen LogP contribution in [0, 0.1) is 5.41 Å². The molecule has 3 aromatic rings. The summed E-state index contributed by atoms with van der Waals surface area (Å²) in [5, 5.41) is 18.3. The van der Waals surface area contributed by atoms with Crippen LogP contribution in [0.1, 0.15) is 48.3 Å². The number of carboxylic acid groups (broad SMARTS) is 1. The average Bonchev–Trinajstić information content (AvgIpc) is 3.33. The van der Waals surface area contributed by atoms with Crippen LogP contribution in [-0.2, 0) is 16.6 Å². The third-order valence-electron chi connectivity index (χ3n) is 6.08. The molecule has 0 aliphatic heterocycles. The molecule has 0 fully saturated rings. The first-order chi connectivity index (χ1) is 16.6. The Morgan fingerprint density at radius 1 is 1.06 bits per heavy atom. The van der Waals surface area contributed by atoms with Gasteiger partial charge >= 0.3 is 12.1 Å². The average molecular weight is 477 g/mol. The van der Waals surface area contributed by atoms with Gasteiger partial charge in [-0.05, 0) is 27.7 Å². The number of fused-ring (bicyclic) bond motifs is 3. The van der Waals surface area contributed by atoms with Crippen molar-refractivity contribution in [1.82, 2.24) is 15.1 Å². The summed E-state index contributed by atoms with van der Waals surface area (Å²) >= 11 is 0. The fourth-order valence-corrected chi connectivity index (χ4v) is 4.32. The predicted molar refractivity (Wildman–Crippen MR) is 130 cm³/mol. The monoisotopic (exact) mass is 476 g/mol. The number of aryl methyl sites for hydroxylation is 1. The molecule has 0 unspecified atom stereocenters. The van der Waals surface area contributed by atoms with E-state index in [1.807, 2.05) is 57.2 Å². The van der Waals surface area contributed by atoms with Crippen LogP contribution in [0.25, 0.3) is 11.1 Å². The number of anilines is 1. The van der Waals surface area contributed by atoms with Crippen molar-refractivity contribution in [3.8, 4) is 11.1 Å². The molecule has 35 heavy (non-hydrogen) atoms. The lowest BCUT2D eigenvalue weighted by molar-refractivity contribution is -0.120. The lowest BCUT2D eigenvalue weighted by atomic mass is 9.86. The molecule has 182 valence electrons. The summed E-state index contributed by atoms with van der Waals surface area (Å²) in [4.78, 5) is 37.0. The highest BCUT2D eigenvalue weighted by Gasteiger charge is 2.35. The van der Waals surface area contributed by atoms with Crippen molar-refractivity contribution in [2.24, 2.45) is 12.5 Å². The van der Waals surface area contributed by atoms with Crippen LogP contribution in [0.5, 0.6) is 0 Å². The van der Waals surface area contributed by atoms with Crippen LogP contribution in [0.3, 0.4) is 0 Å². The fourth-order valence-electron chi connectivity index (χ4n) is 4.32. The van der Waals surface area contributed by atoms with E-state index in [1.165, 1.54) is 17.8 Å². The molecule has 1 aliphatic rings. The molecule has 0 saturated heterocycles. The standard InChI is InChI=1S/C26H28N4O5/c1-26(2,3)22(23(31)27-21-13-20(24(32)33)29-30(21)4)28-25(34)35-14-19-17-11-7-5-9-15(17)16-10-6-8-12-18(16)19/h5-13,19,22H,14H2,1-4H3,(H,27,31)(H,28,34)(H,32,33)/t22-/m0/s1. The van der Waals surface area contributed by atoms with E-state index in [1.54, 1.807) is 0 Å². The molecule has 1 atom stereocenters. The Hall–Kier alpha value is -4.14. The summed E-state index contributed by atoms with van der Waals surface area (Å²) in [7, 11) is 1.52. The van der Waals surface area contributed by atoms with Crippen LogP contribution in [0.15, 0.2) is 54.6 Å². The minimum atomic E-state index is -1.20. The Balaban J connectivity index is 1.45. The van der Waals surface area contributed by atoms with Gasteiger partial charge in [0.1, 0.15) is 18.5 Å². The van der Waals surface area contributed by atoms with Crippen molar-refractivity contribution in [3.05, 3.63) is 71.4 Å². The van der Waals surface area contributed by atoms with Crippen LogP contribution in [-0.4, -0.2) is 45.5 Å². The molecule has 3 N–H and O–H groups in total. The molecule has 0 radical (unpaired) electrons. The van der Waals surface area contributed by atoms with Gasteiger partial charge in [-0.15, -0.1) is 0 Å². The Morgan fingerprint density at radius 3 is 2.14 bits per heavy atom. The van der Waals surface area contributed by atoms with Crippen LogP contribution in [0.4, 0.5) is 10.6 Å². The number of hydrogen-bond acceptors (Lipinski definition) is 5. The topological polar surface area (TPSA) is 123 Å². The number of rotatable bonds is 6. The van der Waals surface area contributed by atoms with Crippen molar-refractivity contribution >= 4 is 23.8 Å². The van der Waals surface area contributed by atoms with Gasteiger partial charge in [0.15, 0.2) is 5.69 Å². The Morgan fingerprint density at radius 2 is 1.63 bits per heavy atom. The first-order valence-corrected chi connectivity index (χ1v) is 11.3. The van der Waals surface area contributed by atoms with Gasteiger partial charge in [0.25, 0.3) is 0 Å². The van der Waals surface area contributed by atoms with Gasteiger partial charge in [0.05, 0.1) is 0 Å². The van der Waals surface area contributed by atoms with E-state index in [2.05, 4.69) is 27.9 Å². The second-order valence-corrected chi connectivity index (χ2v) is 9.60. The van der Waals surface area contributed by atoms with Crippen LogP contribution >= 0.6 is 0 Å². The molecular formula is C26H28N4O5. The van der Waals surface area contributed by atoms with Gasteiger partial charge in [-0.1, -0.05) is 69.3 Å². The largest absolute Gasteiger partial charge is 0.476 e. The number of alkyl carbamates (subject to hydrolysis) is 1. The number of aromatic nitrogens is 2. The smallest absolute Gasteiger partial charge is 0.407 e. The molecule has 2 amide bonds. The molecular weight excluding hydrogens is 448 g/mol. The van der Waals surface area contributed by atoms with Gasteiger partial charge in [-0.2, -0.15) is 5.10 Å². The highest BCUT2D eigenvalue weighted by Crippen LogP contribution is 2.44. The maximum Gasteiger partial charge on any atom is 0.407 e. The van der Waals surface area contributed by atoms with E-state index in [0.29, 0.717) is 0 Å². The SMILES string of the molecule is Cn1nc(C(=O)O)cc1NC(=O)[C@H](NC(=O)OCC1c2ccccc2-c2ccccc21)C(C)(C)C. The summed E-state index contributed by atoms with van der Waals surface area (Å²) < 4.78 is 6.86. The fraction of sp³-hybridized carbons (Fsp3) is 0.308. The minimum Gasteiger partial charge on any atom is -0.476 e. The van der Waals surface area contributed by atoms with E-state index in [-0.39, 0.29) is 24.0 Å². The van der Waals surface area contributed by atoms with Crippen LogP contribution in [0.2, 0.25) is 0 Å². The van der Waals surface area contributed by atoms with Crippen molar-refractivity contribution in [2.75, 3.05) is 11.9 Å². The van der Waals surface area contributed by atoms with Crippen molar-refractivity contribution < 1.29 is 24.2 Å². The highest BCUT2D eigenvalue weighted by molar-refractivity contribution is 5.97. The number of amides is 2. The van der Waals surface area contributed by atoms with Gasteiger partial charge < -0.3 is 20.5 Å². The van der Waals surface area contributed by atoms with Crippen molar-refractivity contribution in [3.63, 3.8) is 0 Å². The zero-order chi connectivity index (χ0) is 25.3. The number of hydrogen-bond donors (Lipinski definition) is 3. The number of aromatic carboxylic acids is 1. The van der Waals surface area contributed by atoms with Crippen molar-refractivity contribution in [1.29, 1.82) is 0 Å². The van der Waals surface area contributed by atoms with Gasteiger partial charge in [0, 0.05) is 19.0 Å². The molecule has 4 rings (SSSR count). The molecule has 0 saturated carbocycles. The Kier molecular flexibility index (Phi) is 6.34. The van der Waals surface area contributed by atoms with Gasteiger partial charge in [-0.3, -0.25) is 9.48 Å². The number of carboxylic acids is 1. The van der Waals surface area contributed by atoms with Crippen LogP contribution < -0.4 is 10.6 Å². The lowest BCUT2D eigenvalue weighted by Crippen LogP contribution is -2.51. The number of carbonyl (C=O) groups is 3. The Labute approximate surface area is 203 Å². The molecule has 1 heterocycles. The Bertz CT molecular complexity index is 1250. The maximum atomic E-state index is 13.0. The maximum absolute atomic E-state index is 13.0. The molecule has 1 aliphatic carbocycles. The third-order valence-corrected chi connectivity index (χ3v) is 6.08. The van der Waals surface area contributed by atoms with Gasteiger partial charge in [-0.25, -0.2) is 9.59 Å². The molecule has 9 nitrogen and oxygen atoms in total. The first kappa shape index (κ1) is 24.0. The molecule has 2 aromatic carbocycles. The van der Waals surface area contributed by atoms with E-state index in [9.17, 15) is 14.4 Å². The second-order valence-electron chi connectivity index (χ2n) is 9.60. The van der Waals surface area contributed by atoms with E-state index in [0.717, 1.165) is 22.3 Å². The predicted octanol–water partition coefficient (Wildman–Crippen LogP) is 4.01. The number of nitrogens with zero attached hydrogens (tertiary/aromatic N) is 2. The van der Waals surface area contributed by atoms with Crippen molar-refractivity contribution in [2.45, 2.75) is 32.7 Å². The molecule has 0 bridgehead atoms.